The highest BCUT2D eigenvalue weighted by Crippen LogP contribution is 2.47. The number of phenolic OH excluding ortho intramolecular Hbond substituents is 1. The minimum Gasteiger partial charge on any atom is -1.00 e. The van der Waals surface area contributed by atoms with Crippen LogP contribution in [-0.2, 0) is 27.2 Å². The molecule has 0 heterocycles. The molecule has 0 spiro atoms. The van der Waals surface area contributed by atoms with Crippen molar-refractivity contribution >= 4 is 17.4 Å². The van der Waals surface area contributed by atoms with Crippen molar-refractivity contribution in [1.82, 2.24) is 5.32 Å². The maximum absolute atomic E-state index is 13.8. The Bertz CT molecular complexity index is 1610. The zero-order chi connectivity index (χ0) is 35.0. The van der Waals surface area contributed by atoms with Crippen molar-refractivity contribution in [2.45, 2.75) is 63.8 Å². The molecule has 5 N–H and O–H groups in total. The van der Waals surface area contributed by atoms with Gasteiger partial charge in [0.05, 0.1) is 28.4 Å². The van der Waals surface area contributed by atoms with Crippen LogP contribution < -0.4 is 42.4 Å². The molecule has 0 saturated carbocycles. The van der Waals surface area contributed by atoms with Crippen molar-refractivity contribution in [3.8, 4) is 28.7 Å². The van der Waals surface area contributed by atoms with Gasteiger partial charge in [-0.15, -0.1) is 0 Å². The van der Waals surface area contributed by atoms with E-state index in [2.05, 4.69) is 5.32 Å². The van der Waals surface area contributed by atoms with E-state index in [0.29, 0.717) is 47.0 Å². The third kappa shape index (κ3) is 9.38. The predicted octanol–water partition coefficient (Wildman–Crippen LogP) is 1.18. The average Bonchev–Trinajstić information content (AvgIpc) is 3.25. The first kappa shape index (κ1) is 39.0. The number of aromatic hydroxyl groups is 1. The molecular weight excluding hydrogens is 652 g/mol. The normalized spacial score (nSPS) is 15.7. The number of fused-ring (bicyclic) bond motifs is 1. The van der Waals surface area contributed by atoms with Gasteiger partial charge >= 0.3 is 5.97 Å². The van der Waals surface area contributed by atoms with Crippen molar-refractivity contribution in [2.75, 3.05) is 28.4 Å². The second kappa shape index (κ2) is 17.8. The molecule has 0 aromatic heterocycles. The quantitative estimate of drug-likeness (QED) is 0.180. The standard InChI is InChI=1S/C37H46N2O9.ClH/c1-21(2)16-29(39-36(42)33(41)28(38)17-22-10-8-7-9-11-22)37(43)48-24-13-14-25-27(20-32(45-4)35(47-6)34(25)46-5)26(19-24)23-12-15-31(44-3)30(40)18-23;/h7-12,15,18-21,24,28-29,33,40-41H,13-14,16-17,38H2,1-6H3,(H,39,42);1H/p-1/t24-,28?,29?,33?;/m1./s1. The minimum absolute atomic E-state index is 0. The lowest BCUT2D eigenvalue weighted by molar-refractivity contribution is -0.152. The Hall–Kier alpha value is -4.45. The van der Waals surface area contributed by atoms with Crippen molar-refractivity contribution in [3.63, 3.8) is 0 Å². The van der Waals surface area contributed by atoms with Gasteiger partial charge in [0.25, 0.3) is 5.91 Å². The number of halogens is 1. The largest absolute Gasteiger partial charge is 1.00 e. The number of phenols is 1. The second-order valence-electron chi connectivity index (χ2n) is 12.1. The zero-order valence-electron chi connectivity index (χ0n) is 28.7. The van der Waals surface area contributed by atoms with Crippen LogP contribution in [0.3, 0.4) is 0 Å². The molecule has 3 unspecified atom stereocenters. The van der Waals surface area contributed by atoms with Gasteiger partial charge in [0.2, 0.25) is 5.75 Å². The molecule has 1 aliphatic carbocycles. The van der Waals surface area contributed by atoms with Crippen molar-refractivity contribution in [3.05, 3.63) is 82.9 Å². The van der Waals surface area contributed by atoms with E-state index in [1.54, 1.807) is 25.3 Å². The van der Waals surface area contributed by atoms with Crippen LogP contribution in [0.15, 0.2) is 60.7 Å². The first-order chi connectivity index (χ1) is 23.0. The number of carbonyl (C=O) groups excluding carboxylic acids is 2. The van der Waals surface area contributed by atoms with Gasteiger partial charge in [-0.05, 0) is 78.1 Å². The number of hydrogen-bond acceptors (Lipinski definition) is 10. The highest BCUT2D eigenvalue weighted by molar-refractivity contribution is 5.88. The molecular formula is C37H46ClN2O9-. The molecule has 1 aliphatic rings. The third-order valence-corrected chi connectivity index (χ3v) is 8.31. The molecule has 3 aromatic rings. The van der Waals surface area contributed by atoms with Gasteiger partial charge in [-0.2, -0.15) is 0 Å². The molecule has 4 atom stereocenters. The number of methoxy groups -OCH3 is 4. The smallest absolute Gasteiger partial charge is 0.329 e. The predicted molar refractivity (Wildman–Crippen MR) is 182 cm³/mol. The van der Waals surface area contributed by atoms with Gasteiger partial charge in [0.1, 0.15) is 18.2 Å². The molecule has 12 heteroatoms. The molecule has 49 heavy (non-hydrogen) atoms. The molecule has 0 saturated heterocycles. The maximum Gasteiger partial charge on any atom is 0.329 e. The van der Waals surface area contributed by atoms with Crippen LogP contribution in [0.5, 0.6) is 28.7 Å². The lowest BCUT2D eigenvalue weighted by Gasteiger charge is -2.25. The van der Waals surface area contributed by atoms with Crippen molar-refractivity contribution in [1.29, 1.82) is 0 Å². The fourth-order valence-electron chi connectivity index (χ4n) is 5.92. The Labute approximate surface area is 293 Å². The van der Waals surface area contributed by atoms with Crippen molar-refractivity contribution < 1.29 is 55.9 Å². The number of aliphatic hydroxyl groups is 1. The Morgan fingerprint density at radius 2 is 1.61 bits per heavy atom. The van der Waals surface area contributed by atoms with Crippen molar-refractivity contribution in [2.24, 2.45) is 11.7 Å². The van der Waals surface area contributed by atoms with Crippen LogP contribution in [0.1, 0.15) is 48.9 Å². The maximum atomic E-state index is 13.8. The van der Waals surface area contributed by atoms with E-state index in [9.17, 15) is 19.8 Å². The number of carbonyl (C=O) groups is 2. The number of aliphatic hydroxyl groups excluding tert-OH is 1. The molecule has 3 aromatic carbocycles. The summed E-state index contributed by atoms with van der Waals surface area (Å²) in [6.07, 6.45) is 0.925. The highest BCUT2D eigenvalue weighted by atomic mass is 35.5. The Morgan fingerprint density at radius 3 is 2.20 bits per heavy atom. The summed E-state index contributed by atoms with van der Waals surface area (Å²) in [5.74, 6) is 0.216. The van der Waals surface area contributed by atoms with Crippen LogP contribution in [-0.4, -0.2) is 74.8 Å². The summed E-state index contributed by atoms with van der Waals surface area (Å²) in [6.45, 7) is 3.85. The minimum atomic E-state index is -1.54. The van der Waals surface area contributed by atoms with E-state index in [0.717, 1.165) is 16.7 Å². The monoisotopic (exact) mass is 697 g/mol. The van der Waals surface area contributed by atoms with Gasteiger partial charge in [-0.25, -0.2) is 4.79 Å². The van der Waals surface area contributed by atoms with E-state index in [4.69, 9.17) is 29.4 Å². The van der Waals surface area contributed by atoms with E-state index >= 15 is 0 Å². The van der Waals surface area contributed by atoms with Gasteiger partial charge in [0, 0.05) is 11.6 Å². The first-order valence-corrected chi connectivity index (χ1v) is 15.9. The highest BCUT2D eigenvalue weighted by Gasteiger charge is 2.32. The van der Waals surface area contributed by atoms with E-state index in [1.807, 2.05) is 56.3 Å². The summed E-state index contributed by atoms with van der Waals surface area (Å²) in [5.41, 5.74) is 9.91. The Kier molecular flexibility index (Phi) is 14.2. The zero-order valence-corrected chi connectivity index (χ0v) is 29.5. The summed E-state index contributed by atoms with van der Waals surface area (Å²) in [7, 11) is 6.07. The lowest BCUT2D eigenvalue weighted by atomic mass is 9.92. The number of esters is 1. The number of benzene rings is 3. The number of rotatable bonds is 14. The Balaban J connectivity index is 0.00000650. The Morgan fingerprint density at radius 1 is 0.939 bits per heavy atom. The summed E-state index contributed by atoms with van der Waals surface area (Å²) >= 11 is 0. The molecule has 11 nitrogen and oxygen atoms in total. The van der Waals surface area contributed by atoms with E-state index < -0.39 is 36.2 Å². The van der Waals surface area contributed by atoms with Gasteiger partial charge in [-0.1, -0.05) is 50.2 Å². The number of hydrogen-bond donors (Lipinski definition) is 4. The molecule has 0 bridgehead atoms. The molecule has 4 rings (SSSR count). The second-order valence-corrected chi connectivity index (χ2v) is 12.1. The fourth-order valence-corrected chi connectivity index (χ4v) is 5.92. The van der Waals surface area contributed by atoms with Crippen LogP contribution in [0, 0.1) is 5.92 Å². The van der Waals surface area contributed by atoms with Gasteiger partial charge in [-0.3, -0.25) is 4.79 Å². The third-order valence-electron chi connectivity index (χ3n) is 8.31. The first-order valence-electron chi connectivity index (χ1n) is 15.9. The summed E-state index contributed by atoms with van der Waals surface area (Å²) in [6, 6.07) is 14.3. The van der Waals surface area contributed by atoms with E-state index in [1.165, 1.54) is 21.3 Å². The van der Waals surface area contributed by atoms with Gasteiger partial charge in [0.15, 0.2) is 23.0 Å². The molecule has 0 aliphatic heterocycles. The molecule has 266 valence electrons. The van der Waals surface area contributed by atoms with Crippen LogP contribution >= 0.6 is 0 Å². The fraction of sp³-hybridized carbons (Fsp3) is 0.405. The molecule has 0 radical (unpaired) electrons. The summed E-state index contributed by atoms with van der Waals surface area (Å²) in [5, 5.41) is 24.1. The number of amides is 1. The van der Waals surface area contributed by atoms with Crippen LogP contribution in [0.25, 0.3) is 5.57 Å². The van der Waals surface area contributed by atoms with Crippen LogP contribution in [0.4, 0.5) is 0 Å². The number of nitrogens with two attached hydrogens (primary N) is 1. The number of ether oxygens (including phenoxy) is 5. The van der Waals surface area contributed by atoms with E-state index in [-0.39, 0.29) is 36.9 Å². The lowest BCUT2D eigenvalue weighted by Crippen LogP contribution is -3.00. The van der Waals surface area contributed by atoms with Gasteiger partial charge < -0.3 is 57.4 Å². The summed E-state index contributed by atoms with van der Waals surface area (Å²) in [4.78, 5) is 26.9. The SMILES string of the molecule is COc1ccc(C2=C[C@H](OC(=O)C(CC(C)C)NC(=O)C(O)C(N)Cc3ccccc3)CCc3c2cc(OC)c(OC)c3OC)cc1O.[Cl-]. The molecule has 0 fully saturated rings. The average molecular weight is 698 g/mol. The van der Waals surface area contributed by atoms with Crippen LogP contribution in [0.2, 0.25) is 0 Å². The number of nitrogens with one attached hydrogen (secondary N) is 1. The topological polar surface area (TPSA) is 159 Å². The molecule has 1 amide bonds. The summed E-state index contributed by atoms with van der Waals surface area (Å²) < 4.78 is 28.4.